The Morgan fingerprint density at radius 1 is 0.533 bits per heavy atom. The van der Waals surface area contributed by atoms with Gasteiger partial charge >= 0.3 is 19.8 Å². The number of unbranched alkanes of at least 4 members (excludes halogenated alkanes) is 13. The van der Waals surface area contributed by atoms with Gasteiger partial charge in [-0.15, -0.1) is 0 Å². The average Bonchev–Trinajstić information content (AvgIpc) is 3.20. The first-order chi connectivity index (χ1) is 29.0. The second kappa shape index (κ2) is 41.5. The minimum absolute atomic E-state index is 0.0223. The Kier molecular flexibility index (Phi) is 39.6. The molecule has 10 heteroatoms. The van der Waals surface area contributed by atoms with Crippen molar-refractivity contribution in [3.63, 3.8) is 0 Å². The van der Waals surface area contributed by atoms with E-state index in [1.54, 1.807) is 0 Å². The van der Waals surface area contributed by atoms with E-state index in [0.717, 1.165) is 103 Å². The van der Waals surface area contributed by atoms with E-state index in [1.807, 2.05) is 21.1 Å². The molecule has 60 heavy (non-hydrogen) atoms. The molecule has 0 bridgehead atoms. The second-order valence-electron chi connectivity index (χ2n) is 16.4. The van der Waals surface area contributed by atoms with Crippen LogP contribution in [0.4, 0.5) is 0 Å². The van der Waals surface area contributed by atoms with Crippen LogP contribution in [-0.4, -0.2) is 74.9 Å². The van der Waals surface area contributed by atoms with E-state index in [0.29, 0.717) is 23.9 Å². The number of allylic oxidation sites excluding steroid dienone is 14. The largest absolute Gasteiger partial charge is 0.472 e. The molecule has 0 spiro atoms. The van der Waals surface area contributed by atoms with E-state index < -0.39 is 26.5 Å². The maximum absolute atomic E-state index is 12.7. The summed E-state index contributed by atoms with van der Waals surface area (Å²) in [6, 6.07) is 0. The fraction of sp³-hybridized carbons (Fsp3) is 0.680. The molecule has 0 rings (SSSR count). The maximum atomic E-state index is 12.7. The lowest BCUT2D eigenvalue weighted by Crippen LogP contribution is -2.37. The Morgan fingerprint density at radius 2 is 0.950 bits per heavy atom. The number of rotatable bonds is 41. The van der Waals surface area contributed by atoms with E-state index in [-0.39, 0.29) is 32.0 Å². The highest BCUT2D eigenvalue weighted by molar-refractivity contribution is 7.47. The summed E-state index contributed by atoms with van der Waals surface area (Å²) in [5, 5.41) is 0. The van der Waals surface area contributed by atoms with Crippen LogP contribution < -0.4 is 0 Å². The number of carbonyl (C=O) groups is 2. The van der Waals surface area contributed by atoms with Crippen molar-refractivity contribution >= 4 is 19.8 Å². The Bertz CT molecular complexity index is 1290. The van der Waals surface area contributed by atoms with Crippen LogP contribution in [-0.2, 0) is 32.7 Å². The van der Waals surface area contributed by atoms with Crippen molar-refractivity contribution < 1.29 is 42.1 Å². The Hall–Kier alpha value is -2.81. The van der Waals surface area contributed by atoms with Crippen LogP contribution in [0.2, 0.25) is 0 Å². The Morgan fingerprint density at radius 3 is 1.42 bits per heavy atom. The third kappa shape index (κ3) is 44.7. The number of nitrogens with zero attached hydrogens (tertiary/aromatic N) is 1. The monoisotopic (exact) mass is 861 g/mol. The van der Waals surface area contributed by atoms with Gasteiger partial charge in [-0.25, -0.2) is 4.57 Å². The maximum Gasteiger partial charge on any atom is 0.472 e. The summed E-state index contributed by atoms with van der Waals surface area (Å²) in [7, 11) is 1.44. The van der Waals surface area contributed by atoms with Gasteiger partial charge < -0.3 is 18.9 Å². The zero-order valence-corrected chi connectivity index (χ0v) is 39.6. The van der Waals surface area contributed by atoms with Crippen molar-refractivity contribution in [3.8, 4) is 0 Å². The molecule has 0 radical (unpaired) electrons. The number of ether oxygens (including phenoxy) is 2. The number of quaternary nitrogens is 1. The van der Waals surface area contributed by atoms with Gasteiger partial charge in [-0.1, -0.05) is 157 Å². The summed E-state index contributed by atoms with van der Waals surface area (Å²) in [5.74, 6) is -0.836. The second-order valence-corrected chi connectivity index (χ2v) is 17.9. The molecule has 0 aromatic heterocycles. The smallest absolute Gasteiger partial charge is 0.462 e. The lowest BCUT2D eigenvalue weighted by Gasteiger charge is -2.24. The summed E-state index contributed by atoms with van der Waals surface area (Å²) in [4.78, 5) is 35.4. The summed E-state index contributed by atoms with van der Waals surface area (Å²) in [5.41, 5.74) is 0. The molecular formula is C50H87NO8P+. The van der Waals surface area contributed by atoms with Crippen molar-refractivity contribution in [2.45, 2.75) is 174 Å². The minimum atomic E-state index is -4.39. The first kappa shape index (κ1) is 57.2. The molecule has 0 saturated carbocycles. The van der Waals surface area contributed by atoms with Gasteiger partial charge in [0.2, 0.25) is 0 Å². The van der Waals surface area contributed by atoms with E-state index in [2.05, 4.69) is 98.9 Å². The van der Waals surface area contributed by atoms with Gasteiger partial charge in [0.05, 0.1) is 27.7 Å². The van der Waals surface area contributed by atoms with Crippen molar-refractivity contribution in [2.24, 2.45) is 0 Å². The number of likely N-dealkylation sites (N-methyl/N-ethyl adjacent to an activating group) is 1. The summed E-state index contributed by atoms with van der Waals surface area (Å²) in [6.07, 6.45) is 53.4. The molecular weight excluding hydrogens is 774 g/mol. The summed E-state index contributed by atoms with van der Waals surface area (Å²) in [6.45, 7) is 4.20. The number of phosphoric acid groups is 1. The predicted octanol–water partition coefficient (Wildman–Crippen LogP) is 13.6. The molecule has 0 amide bonds. The molecule has 344 valence electrons. The molecule has 1 N–H and O–H groups in total. The average molecular weight is 861 g/mol. The van der Waals surface area contributed by atoms with Crippen LogP contribution in [0.5, 0.6) is 0 Å². The predicted molar refractivity (Wildman–Crippen MR) is 252 cm³/mol. The molecule has 2 unspecified atom stereocenters. The quantitative estimate of drug-likeness (QED) is 0.0213. The fourth-order valence-electron chi connectivity index (χ4n) is 5.78. The fourth-order valence-corrected chi connectivity index (χ4v) is 6.52. The number of esters is 2. The highest BCUT2D eigenvalue weighted by Crippen LogP contribution is 2.43. The Balaban J connectivity index is 4.34. The molecule has 0 fully saturated rings. The van der Waals surface area contributed by atoms with E-state index in [1.165, 1.54) is 25.7 Å². The van der Waals surface area contributed by atoms with Gasteiger partial charge in [0.15, 0.2) is 6.10 Å². The normalized spacial score (nSPS) is 14.3. The summed E-state index contributed by atoms with van der Waals surface area (Å²) >= 11 is 0. The van der Waals surface area contributed by atoms with Crippen LogP contribution in [0.15, 0.2) is 85.1 Å². The van der Waals surface area contributed by atoms with Gasteiger partial charge in [-0.05, 0) is 83.5 Å². The topological polar surface area (TPSA) is 108 Å². The molecule has 0 aliphatic carbocycles. The standard InChI is InChI=1S/C50H86NO8P/c1-6-8-10-12-14-16-18-20-21-22-23-24-25-26-27-28-29-31-33-35-37-39-41-43-50(53)59-48(47-58-60(54,55)57-45-44-51(3,4)5)46-56-49(52)42-40-38-36-34-32-30-19-17-15-13-11-9-7-2/h8,10-11,13-14,16-17,19-21,23-24,26-27,48H,6-7,9,12,15,18,22,25,28-47H2,1-5H3/p+1/b10-8-,13-11-,16-14-,19-17-,21-20-,24-23-,27-26-. The molecule has 0 aliphatic heterocycles. The molecule has 0 saturated heterocycles. The van der Waals surface area contributed by atoms with Gasteiger partial charge in [0.25, 0.3) is 0 Å². The molecule has 0 aliphatic rings. The minimum Gasteiger partial charge on any atom is -0.462 e. The van der Waals surface area contributed by atoms with Crippen LogP contribution in [0.3, 0.4) is 0 Å². The zero-order chi connectivity index (χ0) is 44.3. The first-order valence-electron chi connectivity index (χ1n) is 23.3. The molecule has 2 atom stereocenters. The van der Waals surface area contributed by atoms with Crippen molar-refractivity contribution in [3.05, 3.63) is 85.1 Å². The molecule has 0 aromatic carbocycles. The van der Waals surface area contributed by atoms with Gasteiger partial charge in [0, 0.05) is 12.8 Å². The highest BCUT2D eigenvalue weighted by atomic mass is 31.2. The van der Waals surface area contributed by atoms with Crippen LogP contribution >= 0.6 is 7.82 Å². The number of hydrogen-bond acceptors (Lipinski definition) is 7. The highest BCUT2D eigenvalue weighted by Gasteiger charge is 2.27. The lowest BCUT2D eigenvalue weighted by molar-refractivity contribution is -0.870. The molecule has 0 heterocycles. The third-order valence-electron chi connectivity index (χ3n) is 9.39. The summed E-state index contributed by atoms with van der Waals surface area (Å²) < 4.78 is 34.3. The SMILES string of the molecule is CC/C=C\C/C=C\C/C=C\C/C=C\C/C=C\CCCCCCCCCC(=O)OC(COC(=O)CCCCCCC/C=C\C/C=C\CCC)COP(=O)(O)OCC[N+](C)(C)C. The van der Waals surface area contributed by atoms with E-state index >= 15 is 0 Å². The van der Waals surface area contributed by atoms with Crippen molar-refractivity contribution in [2.75, 3.05) is 47.5 Å². The third-order valence-corrected chi connectivity index (χ3v) is 10.4. The van der Waals surface area contributed by atoms with Crippen LogP contribution in [0, 0.1) is 0 Å². The Labute approximate surface area is 367 Å². The lowest BCUT2D eigenvalue weighted by atomic mass is 10.1. The van der Waals surface area contributed by atoms with Crippen molar-refractivity contribution in [1.29, 1.82) is 0 Å². The van der Waals surface area contributed by atoms with Crippen molar-refractivity contribution in [1.82, 2.24) is 0 Å². The number of hydrogen-bond donors (Lipinski definition) is 1. The van der Waals surface area contributed by atoms with Gasteiger partial charge in [0.1, 0.15) is 19.8 Å². The first-order valence-corrected chi connectivity index (χ1v) is 24.8. The van der Waals surface area contributed by atoms with Gasteiger partial charge in [-0.3, -0.25) is 18.6 Å². The van der Waals surface area contributed by atoms with E-state index in [4.69, 9.17) is 18.5 Å². The molecule has 0 aromatic rings. The molecule has 9 nitrogen and oxygen atoms in total. The van der Waals surface area contributed by atoms with Crippen LogP contribution in [0.1, 0.15) is 168 Å². The van der Waals surface area contributed by atoms with E-state index in [9.17, 15) is 19.0 Å². The number of carbonyl (C=O) groups excluding carboxylic acids is 2. The number of phosphoric ester groups is 1. The van der Waals surface area contributed by atoms with Gasteiger partial charge in [-0.2, -0.15) is 0 Å². The van der Waals surface area contributed by atoms with Crippen LogP contribution in [0.25, 0.3) is 0 Å². The zero-order valence-electron chi connectivity index (χ0n) is 38.7.